The standard InChI is InChI=1S/C15H16N4O2S2/c1-2-11-10-13(20)19-15(17-11)22-14(18-19)16-8-9-23(21)12-6-4-3-5-7-12/h3-7,10H,2,8-9H2,1H3,(H,16,18)/t23-/m0/s1. The van der Waals surface area contributed by atoms with E-state index in [0.717, 1.165) is 10.6 Å². The summed E-state index contributed by atoms with van der Waals surface area (Å²) in [6.45, 7) is 2.47. The number of benzene rings is 1. The molecule has 1 atom stereocenters. The van der Waals surface area contributed by atoms with Crippen LogP contribution in [-0.2, 0) is 17.2 Å². The predicted molar refractivity (Wildman–Crippen MR) is 92.7 cm³/mol. The molecule has 0 bridgehead atoms. The molecule has 6 nitrogen and oxygen atoms in total. The SMILES string of the molecule is CCc1cc(=O)n2nc(NCC[S@](=O)c3ccccc3)sc2n1. The summed E-state index contributed by atoms with van der Waals surface area (Å²) in [6, 6.07) is 10.8. The second-order valence-electron chi connectivity index (χ2n) is 4.83. The molecule has 1 N–H and O–H groups in total. The molecule has 0 radical (unpaired) electrons. The number of aromatic nitrogens is 3. The molecule has 0 aliphatic rings. The van der Waals surface area contributed by atoms with Crippen molar-refractivity contribution >= 4 is 32.2 Å². The van der Waals surface area contributed by atoms with Gasteiger partial charge in [0.1, 0.15) is 0 Å². The third kappa shape index (κ3) is 3.65. The monoisotopic (exact) mass is 348 g/mol. The molecule has 0 saturated carbocycles. The molecule has 0 fully saturated rings. The van der Waals surface area contributed by atoms with Crippen LogP contribution in [0, 0.1) is 0 Å². The zero-order valence-corrected chi connectivity index (χ0v) is 14.2. The number of nitrogens with zero attached hydrogens (tertiary/aromatic N) is 3. The molecule has 2 aromatic heterocycles. The Morgan fingerprint density at radius 3 is 2.83 bits per heavy atom. The highest BCUT2D eigenvalue weighted by Gasteiger charge is 2.09. The van der Waals surface area contributed by atoms with Gasteiger partial charge in [-0.25, -0.2) is 4.98 Å². The van der Waals surface area contributed by atoms with Crippen molar-refractivity contribution in [1.82, 2.24) is 14.6 Å². The van der Waals surface area contributed by atoms with Gasteiger partial charge in [0, 0.05) is 29.0 Å². The number of nitrogens with one attached hydrogen (secondary N) is 1. The lowest BCUT2D eigenvalue weighted by molar-refractivity contribution is 0.683. The smallest absolute Gasteiger partial charge is 0.275 e. The predicted octanol–water partition coefficient (Wildman–Crippen LogP) is 1.93. The third-order valence-corrected chi connectivity index (χ3v) is 5.47. The lowest BCUT2D eigenvalue weighted by Gasteiger charge is -2.02. The van der Waals surface area contributed by atoms with Crippen LogP contribution in [0.4, 0.5) is 5.13 Å². The van der Waals surface area contributed by atoms with Gasteiger partial charge in [0.15, 0.2) is 0 Å². The molecule has 0 aliphatic heterocycles. The van der Waals surface area contributed by atoms with Gasteiger partial charge in [-0.15, -0.1) is 5.10 Å². The van der Waals surface area contributed by atoms with Crippen molar-refractivity contribution in [2.24, 2.45) is 0 Å². The number of hydrogen-bond acceptors (Lipinski definition) is 6. The van der Waals surface area contributed by atoms with E-state index in [2.05, 4.69) is 15.4 Å². The minimum Gasteiger partial charge on any atom is -0.359 e. The van der Waals surface area contributed by atoms with Gasteiger partial charge in [-0.1, -0.05) is 36.5 Å². The Labute approximate surface area is 139 Å². The Kier molecular flexibility index (Phi) is 4.82. The molecule has 0 spiro atoms. The molecule has 0 unspecified atom stereocenters. The molecule has 120 valence electrons. The van der Waals surface area contributed by atoms with Crippen LogP contribution in [-0.4, -0.2) is 31.1 Å². The summed E-state index contributed by atoms with van der Waals surface area (Å²) < 4.78 is 13.4. The van der Waals surface area contributed by atoms with Gasteiger partial charge in [0.25, 0.3) is 5.56 Å². The van der Waals surface area contributed by atoms with Gasteiger partial charge in [0.2, 0.25) is 10.1 Å². The Hall–Kier alpha value is -2.06. The van der Waals surface area contributed by atoms with E-state index >= 15 is 0 Å². The van der Waals surface area contributed by atoms with Gasteiger partial charge < -0.3 is 5.32 Å². The van der Waals surface area contributed by atoms with Crippen molar-refractivity contribution in [1.29, 1.82) is 0 Å². The van der Waals surface area contributed by atoms with Crippen LogP contribution < -0.4 is 10.9 Å². The molecule has 1 aromatic carbocycles. The summed E-state index contributed by atoms with van der Waals surface area (Å²) >= 11 is 1.32. The first-order valence-electron chi connectivity index (χ1n) is 7.24. The minimum absolute atomic E-state index is 0.177. The van der Waals surface area contributed by atoms with Crippen LogP contribution in [0.5, 0.6) is 0 Å². The lowest BCUT2D eigenvalue weighted by atomic mass is 10.3. The first kappa shape index (κ1) is 15.8. The summed E-state index contributed by atoms with van der Waals surface area (Å²) in [7, 11) is -1.05. The number of rotatable bonds is 6. The Balaban J connectivity index is 1.67. The van der Waals surface area contributed by atoms with E-state index in [0.29, 0.717) is 28.8 Å². The molecule has 3 aromatic rings. The fourth-order valence-electron chi connectivity index (χ4n) is 2.05. The zero-order valence-electron chi connectivity index (χ0n) is 12.6. The van der Waals surface area contributed by atoms with E-state index in [9.17, 15) is 9.00 Å². The quantitative estimate of drug-likeness (QED) is 0.737. The van der Waals surface area contributed by atoms with Crippen molar-refractivity contribution in [3.63, 3.8) is 0 Å². The van der Waals surface area contributed by atoms with Crippen molar-refractivity contribution in [3.8, 4) is 0 Å². The molecule has 2 heterocycles. The normalized spacial score (nSPS) is 12.4. The Morgan fingerprint density at radius 2 is 2.09 bits per heavy atom. The Morgan fingerprint density at radius 1 is 1.30 bits per heavy atom. The number of anilines is 1. The van der Waals surface area contributed by atoms with Gasteiger partial charge in [-0.2, -0.15) is 4.52 Å². The van der Waals surface area contributed by atoms with E-state index in [1.54, 1.807) is 0 Å². The summed E-state index contributed by atoms with van der Waals surface area (Å²) in [5.74, 6) is 0.475. The molecule has 0 amide bonds. The van der Waals surface area contributed by atoms with Crippen LogP contribution in [0.1, 0.15) is 12.6 Å². The van der Waals surface area contributed by atoms with E-state index in [4.69, 9.17) is 0 Å². The average Bonchev–Trinajstić information content (AvgIpc) is 2.99. The number of hydrogen-bond donors (Lipinski definition) is 1. The van der Waals surface area contributed by atoms with Gasteiger partial charge >= 0.3 is 0 Å². The van der Waals surface area contributed by atoms with Crippen LogP contribution in [0.15, 0.2) is 46.1 Å². The molecular weight excluding hydrogens is 332 g/mol. The first-order chi connectivity index (χ1) is 11.2. The maximum atomic E-state index is 12.1. The van der Waals surface area contributed by atoms with E-state index in [1.165, 1.54) is 21.9 Å². The van der Waals surface area contributed by atoms with Crippen molar-refractivity contribution in [2.75, 3.05) is 17.6 Å². The first-order valence-corrected chi connectivity index (χ1v) is 9.38. The maximum absolute atomic E-state index is 12.1. The largest absolute Gasteiger partial charge is 0.359 e. The summed E-state index contributed by atoms with van der Waals surface area (Å²) in [4.78, 5) is 17.7. The summed E-state index contributed by atoms with van der Waals surface area (Å²) in [6.07, 6.45) is 0.711. The number of fused-ring (bicyclic) bond motifs is 1. The molecule has 3 rings (SSSR count). The van der Waals surface area contributed by atoms with E-state index in [1.807, 2.05) is 37.3 Å². The second kappa shape index (κ2) is 7.01. The van der Waals surface area contributed by atoms with Crippen molar-refractivity contribution in [2.45, 2.75) is 18.2 Å². The number of aryl methyl sites for hydroxylation is 1. The van der Waals surface area contributed by atoms with E-state index in [-0.39, 0.29) is 5.56 Å². The van der Waals surface area contributed by atoms with Gasteiger partial charge in [0.05, 0.1) is 10.8 Å². The van der Waals surface area contributed by atoms with Crippen LogP contribution in [0.2, 0.25) is 0 Å². The highest BCUT2D eigenvalue weighted by atomic mass is 32.2. The highest BCUT2D eigenvalue weighted by Crippen LogP contribution is 2.16. The van der Waals surface area contributed by atoms with Crippen LogP contribution in [0.25, 0.3) is 4.96 Å². The van der Waals surface area contributed by atoms with E-state index < -0.39 is 10.8 Å². The third-order valence-electron chi connectivity index (χ3n) is 3.23. The summed E-state index contributed by atoms with van der Waals surface area (Å²) in [5, 5.41) is 7.93. The Bertz CT molecular complexity index is 889. The van der Waals surface area contributed by atoms with Crippen molar-refractivity contribution < 1.29 is 4.21 Å². The van der Waals surface area contributed by atoms with Crippen molar-refractivity contribution in [3.05, 3.63) is 52.4 Å². The fourth-order valence-corrected chi connectivity index (χ4v) is 3.88. The van der Waals surface area contributed by atoms with Gasteiger partial charge in [-0.05, 0) is 18.6 Å². The molecule has 23 heavy (non-hydrogen) atoms. The fraction of sp³-hybridized carbons (Fsp3) is 0.267. The van der Waals surface area contributed by atoms with Crippen LogP contribution >= 0.6 is 11.3 Å². The summed E-state index contributed by atoms with van der Waals surface area (Å²) in [5.41, 5.74) is 0.583. The van der Waals surface area contributed by atoms with Gasteiger partial charge in [-0.3, -0.25) is 9.00 Å². The lowest BCUT2D eigenvalue weighted by Crippen LogP contribution is -2.16. The molecule has 0 aliphatic carbocycles. The maximum Gasteiger partial charge on any atom is 0.275 e. The topological polar surface area (TPSA) is 76.4 Å². The zero-order chi connectivity index (χ0) is 16.2. The second-order valence-corrected chi connectivity index (χ2v) is 7.36. The molecular formula is C15H16N4O2S2. The molecule has 0 saturated heterocycles. The minimum atomic E-state index is -1.05. The molecule has 8 heteroatoms. The highest BCUT2D eigenvalue weighted by molar-refractivity contribution is 7.85. The van der Waals surface area contributed by atoms with Crippen LogP contribution in [0.3, 0.4) is 0 Å². The average molecular weight is 348 g/mol.